The predicted molar refractivity (Wildman–Crippen MR) is 69.5 cm³/mol. The van der Waals surface area contributed by atoms with E-state index < -0.39 is 11.7 Å². The average molecular weight is 316 g/mol. The molecule has 90 valence electrons. The van der Waals surface area contributed by atoms with Gasteiger partial charge in [0, 0.05) is 14.6 Å². The van der Waals surface area contributed by atoms with E-state index in [-0.39, 0.29) is 11.9 Å². The first-order valence-electron chi connectivity index (χ1n) is 4.99. The lowest BCUT2D eigenvalue weighted by Crippen LogP contribution is -2.12. The van der Waals surface area contributed by atoms with Crippen molar-refractivity contribution < 1.29 is 14.7 Å². The van der Waals surface area contributed by atoms with Gasteiger partial charge in [-0.3, -0.25) is 9.59 Å². The summed E-state index contributed by atoms with van der Waals surface area (Å²) in [5.41, 5.74) is 0.929. The Labute approximate surface area is 111 Å². The second kappa shape index (κ2) is 4.80. The number of carbonyl (C=O) groups is 2. The number of thioether (sulfide) groups is 1. The molecule has 0 fully saturated rings. The van der Waals surface area contributed by atoms with E-state index in [4.69, 9.17) is 5.11 Å². The third-order valence-corrected chi connectivity index (χ3v) is 4.42. The predicted octanol–water partition coefficient (Wildman–Crippen LogP) is 2.06. The summed E-state index contributed by atoms with van der Waals surface area (Å²) in [7, 11) is 0. The van der Waals surface area contributed by atoms with Crippen LogP contribution in [0.15, 0.2) is 21.5 Å². The molecule has 0 aromatic heterocycles. The molecule has 0 bridgehead atoms. The summed E-state index contributed by atoms with van der Waals surface area (Å²) >= 11 is 4.84. The van der Waals surface area contributed by atoms with Gasteiger partial charge in [-0.05, 0) is 28.1 Å². The molecule has 2 rings (SSSR count). The van der Waals surface area contributed by atoms with E-state index in [1.807, 2.05) is 6.92 Å². The van der Waals surface area contributed by atoms with Crippen molar-refractivity contribution >= 4 is 45.1 Å². The van der Waals surface area contributed by atoms with Crippen molar-refractivity contribution in [1.82, 2.24) is 0 Å². The Hall–Kier alpha value is -0.850. The Kier molecular flexibility index (Phi) is 3.56. The maximum Gasteiger partial charge on any atom is 0.296 e. The minimum atomic E-state index is -0.593. The molecule has 1 aromatic rings. The molecule has 0 saturated heterocycles. The molecule has 1 aliphatic heterocycles. The van der Waals surface area contributed by atoms with Gasteiger partial charge in [-0.1, -0.05) is 6.92 Å². The lowest BCUT2D eigenvalue weighted by atomic mass is 10.1. The van der Waals surface area contributed by atoms with Gasteiger partial charge in [0.2, 0.25) is 0 Å². The first kappa shape index (κ1) is 12.6. The van der Waals surface area contributed by atoms with Crippen LogP contribution in [-0.2, 0) is 4.79 Å². The van der Waals surface area contributed by atoms with Crippen LogP contribution in [0.25, 0.3) is 0 Å². The SMILES string of the molecule is CC(CO)Sc1cc2c(cc1Br)C(=O)C(=O)N2. The third kappa shape index (κ3) is 2.38. The van der Waals surface area contributed by atoms with Crippen molar-refractivity contribution in [3.8, 4) is 0 Å². The topological polar surface area (TPSA) is 66.4 Å². The summed E-state index contributed by atoms with van der Waals surface area (Å²) in [6.45, 7) is 1.97. The number of amides is 1. The summed E-state index contributed by atoms with van der Waals surface area (Å²) in [5, 5.41) is 11.6. The Balaban J connectivity index is 2.36. The van der Waals surface area contributed by atoms with Gasteiger partial charge in [0.05, 0.1) is 17.9 Å². The minimum absolute atomic E-state index is 0.0529. The lowest BCUT2D eigenvalue weighted by molar-refractivity contribution is -0.112. The number of benzene rings is 1. The van der Waals surface area contributed by atoms with Crippen LogP contribution in [-0.4, -0.2) is 28.7 Å². The molecule has 0 aliphatic carbocycles. The number of hydrogen-bond acceptors (Lipinski definition) is 4. The number of Topliss-reactive ketones (excluding diaryl/α,β-unsaturated/α-hetero) is 1. The van der Waals surface area contributed by atoms with Gasteiger partial charge < -0.3 is 10.4 Å². The molecular formula is C11H10BrNO3S. The van der Waals surface area contributed by atoms with E-state index in [0.29, 0.717) is 11.3 Å². The van der Waals surface area contributed by atoms with Gasteiger partial charge in [0.25, 0.3) is 11.7 Å². The molecule has 0 spiro atoms. The number of nitrogens with one attached hydrogen (secondary N) is 1. The van der Waals surface area contributed by atoms with Crippen molar-refractivity contribution in [2.75, 3.05) is 11.9 Å². The highest BCUT2D eigenvalue weighted by atomic mass is 79.9. The van der Waals surface area contributed by atoms with Gasteiger partial charge in [-0.15, -0.1) is 11.8 Å². The van der Waals surface area contributed by atoms with Crippen LogP contribution in [0.3, 0.4) is 0 Å². The molecule has 1 unspecified atom stereocenters. The van der Waals surface area contributed by atoms with Crippen molar-refractivity contribution in [3.05, 3.63) is 22.2 Å². The minimum Gasteiger partial charge on any atom is -0.395 e. The number of hydrogen-bond donors (Lipinski definition) is 2. The number of anilines is 1. The van der Waals surface area contributed by atoms with Crippen LogP contribution in [0, 0.1) is 0 Å². The van der Waals surface area contributed by atoms with E-state index in [0.717, 1.165) is 9.37 Å². The average Bonchev–Trinajstić information content (AvgIpc) is 2.56. The second-order valence-corrected chi connectivity index (χ2v) is 6.06. The fraction of sp³-hybridized carbons (Fsp3) is 0.273. The van der Waals surface area contributed by atoms with Crippen LogP contribution in [0.4, 0.5) is 5.69 Å². The standard InChI is InChI=1S/C11H10BrNO3S/c1-5(4-14)17-9-3-8-6(2-7(9)12)10(15)11(16)13-8/h2-3,5,14H,4H2,1H3,(H,13,15,16). The number of ketones is 1. The van der Waals surface area contributed by atoms with Crippen molar-refractivity contribution in [3.63, 3.8) is 0 Å². The molecule has 0 saturated carbocycles. The number of rotatable bonds is 3. The molecule has 1 aliphatic rings. The zero-order valence-corrected chi connectivity index (χ0v) is 11.4. The smallest absolute Gasteiger partial charge is 0.296 e. The van der Waals surface area contributed by atoms with Gasteiger partial charge >= 0.3 is 0 Å². The molecule has 1 heterocycles. The molecule has 2 N–H and O–H groups in total. The number of carbonyl (C=O) groups excluding carboxylic acids is 2. The third-order valence-electron chi connectivity index (χ3n) is 2.36. The fourth-order valence-corrected chi connectivity index (χ4v) is 2.98. The second-order valence-electron chi connectivity index (χ2n) is 3.72. The highest BCUT2D eigenvalue weighted by molar-refractivity contribution is 9.10. The summed E-state index contributed by atoms with van der Waals surface area (Å²) < 4.78 is 0.756. The molecule has 6 heteroatoms. The van der Waals surface area contributed by atoms with Gasteiger partial charge in [0.1, 0.15) is 0 Å². The van der Waals surface area contributed by atoms with E-state index in [1.54, 1.807) is 12.1 Å². The first-order chi connectivity index (χ1) is 8.02. The molecule has 1 atom stereocenters. The van der Waals surface area contributed by atoms with E-state index >= 15 is 0 Å². The lowest BCUT2D eigenvalue weighted by Gasteiger charge is -2.10. The molecule has 1 aromatic carbocycles. The van der Waals surface area contributed by atoms with Crippen LogP contribution in [0.2, 0.25) is 0 Å². The quantitative estimate of drug-likeness (QED) is 0.662. The van der Waals surface area contributed by atoms with Crippen molar-refractivity contribution in [2.24, 2.45) is 0 Å². The van der Waals surface area contributed by atoms with Gasteiger partial charge in [-0.25, -0.2) is 0 Å². The van der Waals surface area contributed by atoms with E-state index in [2.05, 4.69) is 21.2 Å². The van der Waals surface area contributed by atoms with Gasteiger partial charge in [0.15, 0.2) is 0 Å². The maximum atomic E-state index is 11.5. The van der Waals surface area contributed by atoms with Crippen LogP contribution >= 0.6 is 27.7 Å². The van der Waals surface area contributed by atoms with E-state index in [9.17, 15) is 9.59 Å². The molecule has 1 amide bonds. The fourth-order valence-electron chi connectivity index (χ4n) is 1.49. The van der Waals surface area contributed by atoms with Crippen molar-refractivity contribution in [2.45, 2.75) is 17.1 Å². The zero-order chi connectivity index (χ0) is 12.6. The highest BCUT2D eigenvalue weighted by Gasteiger charge is 2.29. The normalized spacial score (nSPS) is 15.7. The van der Waals surface area contributed by atoms with Crippen LogP contribution in [0.5, 0.6) is 0 Å². The summed E-state index contributed by atoms with van der Waals surface area (Å²) in [5.74, 6) is -1.10. The molecule has 4 nitrogen and oxygen atoms in total. The summed E-state index contributed by atoms with van der Waals surface area (Å²) in [6.07, 6.45) is 0. The monoisotopic (exact) mass is 315 g/mol. The largest absolute Gasteiger partial charge is 0.395 e. The number of halogens is 1. The highest BCUT2D eigenvalue weighted by Crippen LogP contribution is 2.36. The van der Waals surface area contributed by atoms with Gasteiger partial charge in [-0.2, -0.15) is 0 Å². The Morgan fingerprint density at radius 1 is 1.47 bits per heavy atom. The Morgan fingerprint density at radius 3 is 2.82 bits per heavy atom. The van der Waals surface area contributed by atoms with Crippen LogP contribution < -0.4 is 5.32 Å². The molecular weight excluding hydrogens is 306 g/mol. The maximum absolute atomic E-state index is 11.5. The Bertz CT molecular complexity index is 504. The van der Waals surface area contributed by atoms with Crippen LogP contribution in [0.1, 0.15) is 17.3 Å². The summed E-state index contributed by atoms with van der Waals surface area (Å²) in [6, 6.07) is 3.39. The molecule has 17 heavy (non-hydrogen) atoms. The van der Waals surface area contributed by atoms with E-state index in [1.165, 1.54) is 11.8 Å². The first-order valence-corrected chi connectivity index (χ1v) is 6.67. The zero-order valence-electron chi connectivity index (χ0n) is 8.99. The number of fused-ring (bicyclic) bond motifs is 1. The summed E-state index contributed by atoms with van der Waals surface area (Å²) in [4.78, 5) is 23.6. The van der Waals surface area contributed by atoms with Crippen molar-refractivity contribution in [1.29, 1.82) is 0 Å². The number of aliphatic hydroxyl groups excluding tert-OH is 1. The molecule has 0 radical (unpaired) electrons. The number of aliphatic hydroxyl groups is 1. The Morgan fingerprint density at radius 2 is 2.18 bits per heavy atom.